The van der Waals surface area contributed by atoms with Crippen molar-refractivity contribution in [2.75, 3.05) is 0 Å². The van der Waals surface area contributed by atoms with Crippen molar-refractivity contribution in [3.05, 3.63) is 28.0 Å². The van der Waals surface area contributed by atoms with Crippen LogP contribution in [0.1, 0.15) is 17.7 Å². The summed E-state index contributed by atoms with van der Waals surface area (Å²) in [7, 11) is 0. The van der Waals surface area contributed by atoms with E-state index >= 15 is 0 Å². The van der Waals surface area contributed by atoms with E-state index in [1.165, 1.54) is 6.20 Å². The van der Waals surface area contributed by atoms with Crippen LogP contribution in [0.3, 0.4) is 0 Å². The minimum Gasteiger partial charge on any atom is -0.254 e. The topological polar surface area (TPSA) is 12.9 Å². The first-order valence-corrected chi connectivity index (χ1v) is 5.05. The molecule has 5 heteroatoms. The van der Waals surface area contributed by atoms with Gasteiger partial charge in [0.05, 0.1) is 0 Å². The molecule has 1 rings (SSSR count). The average Bonchev–Trinajstić information content (AvgIpc) is 2.04. The molecule has 0 amide bonds. The van der Waals surface area contributed by atoms with Gasteiger partial charge in [-0.3, -0.25) is 4.98 Å². The average molecular weight is 301 g/mol. The molecule has 0 fully saturated rings. The molecule has 0 aromatic carbocycles. The minimum atomic E-state index is -2.53. The van der Waals surface area contributed by atoms with Crippen LogP contribution in [-0.2, 0) is 5.33 Å². The fourth-order valence-corrected chi connectivity index (χ4v) is 2.15. The van der Waals surface area contributed by atoms with Gasteiger partial charge in [0, 0.05) is 16.0 Å². The van der Waals surface area contributed by atoms with E-state index in [0.29, 0.717) is 9.80 Å². The molecule has 1 aromatic heterocycles. The molecule has 0 bridgehead atoms. The Morgan fingerprint density at radius 3 is 2.67 bits per heavy atom. The van der Waals surface area contributed by atoms with E-state index in [1.807, 2.05) is 0 Å². The number of aromatic nitrogens is 1. The number of nitrogens with zero attached hydrogens (tertiary/aromatic N) is 1. The zero-order valence-corrected chi connectivity index (χ0v) is 9.07. The van der Waals surface area contributed by atoms with E-state index in [-0.39, 0.29) is 5.69 Å². The highest BCUT2D eigenvalue weighted by Gasteiger charge is 2.14. The van der Waals surface area contributed by atoms with E-state index in [9.17, 15) is 8.78 Å². The van der Waals surface area contributed by atoms with Crippen LogP contribution in [0, 0.1) is 0 Å². The number of pyridine rings is 1. The van der Waals surface area contributed by atoms with Gasteiger partial charge in [-0.25, -0.2) is 8.78 Å². The fraction of sp³-hybridized carbons (Fsp3) is 0.286. The van der Waals surface area contributed by atoms with E-state index in [4.69, 9.17) is 0 Å². The number of halogens is 4. The van der Waals surface area contributed by atoms with Crippen LogP contribution in [-0.4, -0.2) is 4.98 Å². The van der Waals surface area contributed by atoms with Crippen LogP contribution in [0.25, 0.3) is 0 Å². The largest absolute Gasteiger partial charge is 0.281 e. The molecule has 66 valence electrons. The van der Waals surface area contributed by atoms with E-state index in [0.717, 1.165) is 5.56 Å². The predicted molar refractivity (Wildman–Crippen MR) is 49.5 cm³/mol. The van der Waals surface area contributed by atoms with Crippen molar-refractivity contribution in [3.8, 4) is 0 Å². The molecule has 0 unspecified atom stereocenters. The minimum absolute atomic E-state index is 0.202. The molecule has 12 heavy (non-hydrogen) atoms. The summed E-state index contributed by atoms with van der Waals surface area (Å²) in [4.78, 5) is 3.57. The molecule has 1 heterocycles. The molecule has 0 N–H and O–H groups in total. The highest BCUT2D eigenvalue weighted by molar-refractivity contribution is 9.10. The normalized spacial score (nSPS) is 10.8. The first-order chi connectivity index (χ1) is 5.66. The van der Waals surface area contributed by atoms with Gasteiger partial charge in [0.2, 0.25) is 0 Å². The van der Waals surface area contributed by atoms with Crippen molar-refractivity contribution in [3.63, 3.8) is 0 Å². The van der Waals surface area contributed by atoms with Crippen molar-refractivity contribution in [2.24, 2.45) is 0 Å². The Labute approximate surface area is 85.4 Å². The van der Waals surface area contributed by atoms with Gasteiger partial charge >= 0.3 is 0 Å². The second-order valence-electron chi connectivity index (χ2n) is 2.10. The second-order valence-corrected chi connectivity index (χ2v) is 3.46. The summed E-state index contributed by atoms with van der Waals surface area (Å²) in [6.45, 7) is 0. The molecule has 0 saturated heterocycles. The summed E-state index contributed by atoms with van der Waals surface area (Å²) < 4.78 is 24.9. The van der Waals surface area contributed by atoms with Crippen LogP contribution in [0.4, 0.5) is 8.78 Å². The summed E-state index contributed by atoms with van der Waals surface area (Å²) in [5.41, 5.74) is 0.576. The molecule has 0 radical (unpaired) electrons. The Balaban J connectivity index is 3.14. The maximum atomic E-state index is 12.2. The third-order valence-electron chi connectivity index (χ3n) is 1.35. The van der Waals surface area contributed by atoms with E-state index < -0.39 is 6.43 Å². The summed E-state index contributed by atoms with van der Waals surface area (Å²) in [5.74, 6) is 0. The van der Waals surface area contributed by atoms with Crippen LogP contribution in [0.5, 0.6) is 0 Å². The molecule has 1 aromatic rings. The molecule has 0 aliphatic carbocycles. The highest BCUT2D eigenvalue weighted by atomic mass is 79.9. The number of hydrogen-bond donors (Lipinski definition) is 0. The molecule has 0 aliphatic heterocycles. The van der Waals surface area contributed by atoms with Crippen LogP contribution in [0.15, 0.2) is 16.7 Å². The first-order valence-electron chi connectivity index (χ1n) is 3.14. The quantitative estimate of drug-likeness (QED) is 0.759. The molecule has 0 atom stereocenters. The monoisotopic (exact) mass is 299 g/mol. The maximum Gasteiger partial charge on any atom is 0.281 e. The lowest BCUT2D eigenvalue weighted by atomic mass is 10.2. The second kappa shape index (κ2) is 4.28. The molecule has 0 spiro atoms. The number of alkyl halides is 3. The lowest BCUT2D eigenvalue weighted by molar-refractivity contribution is 0.145. The summed E-state index contributed by atoms with van der Waals surface area (Å²) in [6.07, 6.45) is -1.15. The summed E-state index contributed by atoms with van der Waals surface area (Å²) in [5, 5.41) is 0.538. The first kappa shape index (κ1) is 10.1. The Hall–Kier alpha value is -0.0300. The lowest BCUT2D eigenvalue weighted by Gasteiger charge is -2.04. The Morgan fingerprint density at radius 1 is 1.50 bits per heavy atom. The van der Waals surface area contributed by atoms with Gasteiger partial charge in [-0.1, -0.05) is 15.9 Å². The zero-order chi connectivity index (χ0) is 9.14. The van der Waals surface area contributed by atoms with Gasteiger partial charge in [0.15, 0.2) is 0 Å². The molecule has 1 nitrogen and oxygen atoms in total. The van der Waals surface area contributed by atoms with Crippen molar-refractivity contribution in [1.82, 2.24) is 4.98 Å². The van der Waals surface area contributed by atoms with Crippen molar-refractivity contribution in [2.45, 2.75) is 11.8 Å². The Kier molecular flexibility index (Phi) is 3.58. The Morgan fingerprint density at radius 2 is 2.17 bits per heavy atom. The standard InChI is InChI=1S/C7H5Br2F2N/c8-3-4-1-2-12-6(5(4)9)7(10)11/h1-2,7H,3H2. The van der Waals surface area contributed by atoms with Crippen molar-refractivity contribution in [1.29, 1.82) is 0 Å². The van der Waals surface area contributed by atoms with Crippen LogP contribution in [0.2, 0.25) is 0 Å². The van der Waals surface area contributed by atoms with E-state index in [2.05, 4.69) is 36.8 Å². The molecular weight excluding hydrogens is 296 g/mol. The van der Waals surface area contributed by atoms with Gasteiger partial charge < -0.3 is 0 Å². The van der Waals surface area contributed by atoms with Crippen molar-refractivity contribution < 1.29 is 8.78 Å². The van der Waals surface area contributed by atoms with Gasteiger partial charge in [-0.15, -0.1) is 0 Å². The van der Waals surface area contributed by atoms with E-state index in [1.54, 1.807) is 6.07 Å². The van der Waals surface area contributed by atoms with Crippen LogP contribution >= 0.6 is 31.9 Å². The van der Waals surface area contributed by atoms with Gasteiger partial charge in [-0.05, 0) is 27.6 Å². The third-order valence-corrected chi connectivity index (χ3v) is 2.87. The molecule has 0 aliphatic rings. The molecule has 0 saturated carbocycles. The summed E-state index contributed by atoms with van der Waals surface area (Å²) >= 11 is 6.26. The Bertz CT molecular complexity index is 278. The highest BCUT2D eigenvalue weighted by Crippen LogP contribution is 2.28. The van der Waals surface area contributed by atoms with Crippen molar-refractivity contribution >= 4 is 31.9 Å². The maximum absolute atomic E-state index is 12.2. The fourth-order valence-electron chi connectivity index (χ4n) is 0.757. The molecular formula is C7H5Br2F2N. The summed E-state index contributed by atoms with van der Waals surface area (Å²) in [6, 6.07) is 1.69. The number of hydrogen-bond acceptors (Lipinski definition) is 1. The van der Waals surface area contributed by atoms with Gasteiger partial charge in [-0.2, -0.15) is 0 Å². The lowest BCUT2D eigenvalue weighted by Crippen LogP contribution is -1.94. The smallest absolute Gasteiger partial charge is 0.254 e. The SMILES string of the molecule is FC(F)c1nccc(CBr)c1Br. The number of rotatable bonds is 2. The van der Waals surface area contributed by atoms with Gasteiger partial charge in [0.1, 0.15) is 5.69 Å². The predicted octanol–water partition coefficient (Wildman–Crippen LogP) is 3.68. The third kappa shape index (κ3) is 2.01. The zero-order valence-electron chi connectivity index (χ0n) is 5.90. The van der Waals surface area contributed by atoms with Crippen LogP contribution < -0.4 is 0 Å². The van der Waals surface area contributed by atoms with Gasteiger partial charge in [0.25, 0.3) is 6.43 Å².